The lowest BCUT2D eigenvalue weighted by molar-refractivity contribution is -0.658. The number of nitrogens with two attached hydrogens (primary N) is 1. The van der Waals surface area contributed by atoms with Crippen molar-refractivity contribution in [3.05, 3.63) is 48.5 Å². The van der Waals surface area contributed by atoms with Gasteiger partial charge in [0.05, 0.1) is 24.4 Å². The van der Waals surface area contributed by atoms with E-state index in [1.54, 1.807) is 0 Å². The molecule has 4 fully saturated rings. The first-order chi connectivity index (χ1) is 20.4. The highest BCUT2D eigenvalue weighted by atomic mass is 35.5. The second-order valence-corrected chi connectivity index (χ2v) is 14.9. The summed E-state index contributed by atoms with van der Waals surface area (Å²) in [7, 11) is -3.33. The maximum absolute atomic E-state index is 15.4. The van der Waals surface area contributed by atoms with E-state index in [0.717, 1.165) is 64.6 Å². The molecule has 4 saturated heterocycles. The number of likely N-dealkylation sites (tertiary alicyclic amines) is 1. The van der Waals surface area contributed by atoms with E-state index < -0.39 is 12.9 Å². The number of halogens is 1. The largest absolute Gasteiger partial charge is 1.00 e. The molecule has 3 amide bonds. The van der Waals surface area contributed by atoms with Crippen molar-refractivity contribution in [1.82, 2.24) is 15.5 Å². The number of quaternary nitrogens is 1. The Morgan fingerprint density at radius 2 is 1.28 bits per heavy atom. The Bertz CT molecular complexity index is 1260. The van der Waals surface area contributed by atoms with E-state index in [1.165, 1.54) is 0 Å². The van der Waals surface area contributed by atoms with E-state index in [2.05, 4.69) is 26.6 Å². The van der Waals surface area contributed by atoms with Crippen LogP contribution in [0.5, 0.6) is 0 Å². The van der Waals surface area contributed by atoms with Gasteiger partial charge in [-0.3, -0.25) is 14.4 Å². The summed E-state index contributed by atoms with van der Waals surface area (Å²) in [6.07, 6.45) is 6.92. The predicted molar refractivity (Wildman–Crippen MR) is 164 cm³/mol. The Kier molecular flexibility index (Phi) is 10.2. The Labute approximate surface area is 259 Å². The van der Waals surface area contributed by atoms with Crippen LogP contribution in [0.15, 0.2) is 48.5 Å². The first kappa shape index (κ1) is 31.7. The minimum Gasteiger partial charge on any atom is -1.00 e. The van der Waals surface area contributed by atoms with Crippen molar-refractivity contribution in [3.8, 4) is 0 Å². The van der Waals surface area contributed by atoms with E-state index in [4.69, 9.17) is 0 Å². The van der Waals surface area contributed by atoms with Crippen LogP contribution in [0.1, 0.15) is 51.4 Å². The molecule has 1 unspecified atom stereocenters. The molecule has 2 aromatic carbocycles. The molecule has 4 heterocycles. The minimum atomic E-state index is -3.33. The molecule has 10 nitrogen and oxygen atoms in total. The van der Waals surface area contributed by atoms with Crippen LogP contribution in [0.2, 0.25) is 0 Å². The molecule has 232 valence electrons. The van der Waals surface area contributed by atoms with Gasteiger partial charge in [-0.2, -0.15) is 0 Å². The average Bonchev–Trinajstić information content (AvgIpc) is 3.85. The molecule has 0 radical (unpaired) electrons. The predicted octanol–water partition coefficient (Wildman–Crippen LogP) is -1.94. The number of benzene rings is 2. The van der Waals surface area contributed by atoms with E-state index in [9.17, 15) is 14.4 Å². The molecule has 2 aromatic rings. The van der Waals surface area contributed by atoms with Crippen LogP contribution in [0.4, 0.5) is 11.4 Å². The van der Waals surface area contributed by atoms with Crippen LogP contribution in [0, 0.1) is 0 Å². The Hall–Kier alpha value is -2.75. The third kappa shape index (κ3) is 6.69. The van der Waals surface area contributed by atoms with E-state index in [-0.39, 0.29) is 48.3 Å². The fraction of sp³-hybridized carbons (Fsp3) is 0.516. The topological polar surface area (TPSA) is 136 Å². The number of nitrogens with one attached hydrogen (secondary N) is 4. The molecule has 0 aromatic heterocycles. The molecule has 4 aliphatic rings. The van der Waals surface area contributed by atoms with Crippen molar-refractivity contribution in [2.24, 2.45) is 0 Å². The van der Waals surface area contributed by atoms with Crippen molar-refractivity contribution in [2.45, 2.75) is 75.3 Å². The monoisotopic (exact) mass is 628 g/mol. The Balaban J connectivity index is 0.00000368. The van der Waals surface area contributed by atoms with Gasteiger partial charge in [0.25, 0.3) is 5.91 Å². The number of hydrogen-bond acceptors (Lipinski definition) is 6. The fourth-order valence-electron chi connectivity index (χ4n) is 6.90. The fourth-order valence-corrected chi connectivity index (χ4v) is 10.2. The summed E-state index contributed by atoms with van der Waals surface area (Å²) in [6, 6.07) is 14.1. The van der Waals surface area contributed by atoms with Gasteiger partial charge < -0.3 is 48.5 Å². The quantitative estimate of drug-likeness (QED) is 0.216. The number of rotatable bonds is 8. The van der Waals surface area contributed by atoms with Crippen LogP contribution in [-0.2, 0) is 18.9 Å². The molecular weight excluding hydrogens is 587 g/mol. The van der Waals surface area contributed by atoms with Gasteiger partial charge in [0.1, 0.15) is 0 Å². The van der Waals surface area contributed by atoms with Crippen molar-refractivity contribution in [2.75, 3.05) is 36.8 Å². The molecule has 43 heavy (non-hydrogen) atoms. The van der Waals surface area contributed by atoms with Gasteiger partial charge in [0.2, 0.25) is 11.8 Å². The summed E-state index contributed by atoms with van der Waals surface area (Å²) in [4.78, 5) is 40.8. The molecule has 12 heteroatoms. The van der Waals surface area contributed by atoms with Crippen LogP contribution in [0.25, 0.3) is 0 Å². The van der Waals surface area contributed by atoms with Crippen LogP contribution in [0.3, 0.4) is 0 Å². The normalized spacial score (nSPS) is 25.3. The highest BCUT2D eigenvalue weighted by Crippen LogP contribution is 2.54. The van der Waals surface area contributed by atoms with Crippen molar-refractivity contribution in [1.29, 1.82) is 0 Å². The zero-order valence-electron chi connectivity index (χ0n) is 24.4. The number of anilines is 2. The second kappa shape index (κ2) is 13.9. The van der Waals surface area contributed by atoms with Gasteiger partial charge in [-0.1, -0.05) is 0 Å². The molecule has 0 bridgehead atoms. The number of hydrogen-bond donors (Lipinski definition) is 5. The van der Waals surface area contributed by atoms with Gasteiger partial charge in [0, 0.05) is 41.4 Å². The standard InChI is InChI=1S/C31H41N6O4P.ClH/c38-29(25-5-1-17-32-25)35-21-9-13-23(14-10-21)42(41,28-8-4-20-37(28)31(40)27-7-3-19-34-27)24-15-11-22(12-16-24)36-30(39)26-6-2-18-33-26;/h9-16,25-28,32-34H,1-8,17-20H2,(H,35,38)(H,36,39);1H/t25-,26-,27-,28?;/m0./s1. The van der Waals surface area contributed by atoms with E-state index in [1.807, 2.05) is 53.4 Å². The minimum absolute atomic E-state index is 0. The number of carbonyl (C=O) groups is 3. The Morgan fingerprint density at radius 3 is 1.72 bits per heavy atom. The zero-order chi connectivity index (χ0) is 29.1. The lowest BCUT2D eigenvalue weighted by Crippen LogP contribution is -3.00. The summed E-state index contributed by atoms with van der Waals surface area (Å²) in [5, 5.41) is 15.8. The summed E-state index contributed by atoms with van der Waals surface area (Å²) >= 11 is 0. The number of carbonyl (C=O) groups excluding carboxylic acids is 3. The molecular formula is C31H42ClN6O4P. The smallest absolute Gasteiger partial charge is 0.281 e. The molecule has 0 aliphatic carbocycles. The Morgan fingerprint density at radius 1 is 0.744 bits per heavy atom. The number of nitrogens with zero attached hydrogens (tertiary/aromatic N) is 1. The van der Waals surface area contributed by atoms with Gasteiger partial charge in [-0.05, 0) is 100 Å². The lowest BCUT2D eigenvalue weighted by Gasteiger charge is -2.33. The van der Waals surface area contributed by atoms with Crippen molar-refractivity contribution < 1.29 is 36.7 Å². The van der Waals surface area contributed by atoms with Crippen molar-refractivity contribution in [3.63, 3.8) is 0 Å². The first-order valence-electron chi connectivity index (χ1n) is 15.5. The highest BCUT2D eigenvalue weighted by Gasteiger charge is 2.47. The SMILES string of the molecule is O=C(Nc1ccc(P(=O)(c2ccc(NC(=O)[C@@H]3CCCN3)cc2)C2CCCN2C(=O)[C@@H]2CCC[NH2+]2)cc1)[C@@H]1CCCN1.[Cl-]. The van der Waals surface area contributed by atoms with Gasteiger partial charge in [-0.25, -0.2) is 0 Å². The summed E-state index contributed by atoms with van der Waals surface area (Å²) in [5.41, 5.74) is 1.31. The summed E-state index contributed by atoms with van der Waals surface area (Å²) < 4.78 is 15.4. The average molecular weight is 629 g/mol. The zero-order valence-corrected chi connectivity index (χ0v) is 26.0. The maximum Gasteiger partial charge on any atom is 0.281 e. The lowest BCUT2D eigenvalue weighted by atomic mass is 10.2. The van der Waals surface area contributed by atoms with Crippen molar-refractivity contribution >= 4 is 46.8 Å². The molecule has 4 atom stereocenters. The van der Waals surface area contributed by atoms with E-state index >= 15 is 4.57 Å². The van der Waals surface area contributed by atoms with Gasteiger partial charge in [-0.15, -0.1) is 0 Å². The second-order valence-electron chi connectivity index (χ2n) is 12.0. The van der Waals surface area contributed by atoms with Gasteiger partial charge >= 0.3 is 0 Å². The third-order valence-corrected chi connectivity index (χ3v) is 12.7. The van der Waals surface area contributed by atoms with Crippen LogP contribution < -0.4 is 49.6 Å². The number of amides is 3. The molecule has 6 rings (SSSR count). The molecule has 0 spiro atoms. The van der Waals surface area contributed by atoms with Crippen LogP contribution in [-0.4, -0.2) is 72.7 Å². The molecule has 6 N–H and O–H groups in total. The maximum atomic E-state index is 15.4. The van der Waals surface area contributed by atoms with Crippen LogP contribution >= 0.6 is 7.14 Å². The first-order valence-corrected chi connectivity index (χ1v) is 17.2. The summed E-state index contributed by atoms with van der Waals surface area (Å²) in [6.45, 7) is 3.23. The van der Waals surface area contributed by atoms with Gasteiger partial charge in [0.15, 0.2) is 13.2 Å². The van der Waals surface area contributed by atoms with E-state index in [0.29, 0.717) is 34.9 Å². The molecule has 4 aliphatic heterocycles. The molecule has 0 saturated carbocycles. The third-order valence-electron chi connectivity index (χ3n) is 9.20. The highest BCUT2D eigenvalue weighted by molar-refractivity contribution is 7.79. The summed E-state index contributed by atoms with van der Waals surface area (Å²) in [5.74, 6) is -0.482.